The Bertz CT molecular complexity index is 4330. The van der Waals surface area contributed by atoms with Gasteiger partial charge < -0.3 is 49.5 Å². The highest BCUT2D eigenvalue weighted by Crippen LogP contribution is 2.42. The van der Waals surface area contributed by atoms with E-state index in [0.29, 0.717) is 114 Å². The van der Waals surface area contributed by atoms with Gasteiger partial charge in [-0.25, -0.2) is 14.4 Å². The van der Waals surface area contributed by atoms with Gasteiger partial charge in [0.25, 0.3) is 11.8 Å². The van der Waals surface area contributed by atoms with Crippen LogP contribution in [0.3, 0.4) is 0 Å². The number of anilines is 10. The molecule has 5 aliphatic rings. The lowest BCUT2D eigenvalue weighted by molar-refractivity contribution is -0.138. The Hall–Kier alpha value is -9.54. The number of fused-ring (bicyclic) bond motifs is 4. The topological polar surface area (TPSA) is 191 Å². The summed E-state index contributed by atoms with van der Waals surface area (Å²) >= 11 is 0. The van der Waals surface area contributed by atoms with E-state index in [0.717, 1.165) is 42.0 Å². The number of alkyl halides is 3. The van der Waals surface area contributed by atoms with Crippen molar-refractivity contribution in [2.75, 3.05) is 111 Å². The van der Waals surface area contributed by atoms with E-state index in [2.05, 4.69) is 40.4 Å². The number of carbonyl (C=O) groups is 3. The van der Waals surface area contributed by atoms with Gasteiger partial charge >= 0.3 is 13.6 Å². The van der Waals surface area contributed by atoms with Crippen LogP contribution in [0, 0.1) is 12.7 Å². The van der Waals surface area contributed by atoms with E-state index in [1.165, 1.54) is 47.3 Å². The lowest BCUT2D eigenvalue weighted by atomic mass is 9.94. The fourth-order valence-electron chi connectivity index (χ4n) is 13.8. The average Bonchev–Trinajstić information content (AvgIpc) is 1.61. The summed E-state index contributed by atoms with van der Waals surface area (Å²) in [5, 5.41) is 12.2. The molecule has 3 N–H and O–H groups in total. The van der Waals surface area contributed by atoms with Gasteiger partial charge in [0, 0.05) is 126 Å². The first-order chi connectivity index (χ1) is 45.1. The Morgan fingerprint density at radius 2 is 1.37 bits per heavy atom. The summed E-state index contributed by atoms with van der Waals surface area (Å²) in [6.07, 6.45) is 9.06. The zero-order valence-corrected chi connectivity index (χ0v) is 52.9. The normalized spacial score (nSPS) is 18.9. The van der Waals surface area contributed by atoms with Crippen molar-refractivity contribution in [1.82, 2.24) is 58.8 Å². The lowest BCUT2D eigenvalue weighted by Gasteiger charge is -2.43. The molecule has 94 heavy (non-hydrogen) atoms. The predicted octanol–water partition coefficient (Wildman–Crippen LogP) is 8.72. The number of halogens is 6. The van der Waals surface area contributed by atoms with Crippen molar-refractivity contribution in [1.29, 1.82) is 0 Å². The zero-order chi connectivity index (χ0) is 65.9. The molecule has 488 valence electrons. The molecule has 10 heterocycles. The van der Waals surface area contributed by atoms with Crippen LogP contribution < -0.4 is 40.9 Å². The Morgan fingerprint density at radius 3 is 2.09 bits per heavy atom. The molecule has 0 spiro atoms. The van der Waals surface area contributed by atoms with Gasteiger partial charge in [0.2, 0.25) is 17.8 Å². The Kier molecular flexibility index (Phi) is 17.3. The molecule has 3 amide bonds. The number of H-pyrrole nitrogens is 1. The number of para-hydroxylation sites is 2. The maximum Gasteiger partial charge on any atom is 0.677 e. The highest BCUT2D eigenvalue weighted by Gasteiger charge is 2.38. The average molecular weight is 1290 g/mol. The van der Waals surface area contributed by atoms with Gasteiger partial charge in [0.1, 0.15) is 17.2 Å². The molecule has 28 heteroatoms. The molecule has 3 fully saturated rings. The van der Waals surface area contributed by atoms with Gasteiger partial charge in [-0.3, -0.25) is 37.5 Å². The van der Waals surface area contributed by atoms with Crippen molar-refractivity contribution >= 4 is 94.9 Å². The second-order valence-electron chi connectivity index (χ2n) is 24.8. The molecular formula is C66H71BF6N18O3. The van der Waals surface area contributed by atoms with Crippen molar-refractivity contribution in [3.05, 3.63) is 159 Å². The standard InChI is InChI=1S/C66H71BF6N18O3/c1-40-30-49(34-48-33-47(20-23-82(48)2)90-39-45(35-76-90)79-65-75-36-56-60(80-65)83(3)54-13-8-7-10-50(54)62(93)84(56)4)91(67(72)73)55(40)32-44-17-16-42(77-44)18-19-58(92)89-28-26-88(27-29-89)46-21-24-87(25-22-46)38-41-14-15-43(31-52(41)66(69,70)71)78-64-74-37-57-61(81-64)86(6)59-51(63(94)85(57)5)11-9-12-53(59)68/h7-18,30-32,35-37,39,46-48,77H,19-29,33-34,38H2,1-6H3,(H,74,78,81)(H,75,79,80)/b42-18+,44-32+. The highest BCUT2D eigenvalue weighted by atomic mass is 19.4. The molecule has 5 aromatic heterocycles. The van der Waals surface area contributed by atoms with E-state index >= 15 is 13.0 Å². The first-order valence-corrected chi connectivity index (χ1v) is 31.4. The SMILES string of the molecule is Cc1cc(CC2CC(n3cc(Nc4ncc5c(n4)N(C)c4ccccc4C(=O)N5C)cn3)CCN2C)n(B(F)F)c1/C=c1\cc/c(=C\CC(=O)N2CCN(C3CCN(Cc4ccc(Nc5ncc6c(n5)N(C)c5c(F)cccc5C(=O)N6C)cc4C(F)(F)F)CC3)CC2)[nH]1. The number of nitrogens with zero attached hydrogens (tertiary/aromatic N) is 15. The number of piperazine rings is 1. The van der Waals surface area contributed by atoms with Crippen molar-refractivity contribution in [3.8, 4) is 0 Å². The minimum Gasteiger partial charge on any atom is -0.356 e. The van der Waals surface area contributed by atoms with Crippen molar-refractivity contribution in [2.45, 2.75) is 76.3 Å². The van der Waals surface area contributed by atoms with E-state index in [1.54, 1.807) is 49.6 Å². The minimum absolute atomic E-state index is 0.00535. The Morgan fingerprint density at radius 1 is 0.713 bits per heavy atom. The van der Waals surface area contributed by atoms with Crippen molar-refractivity contribution in [3.63, 3.8) is 0 Å². The van der Waals surface area contributed by atoms with Crippen LogP contribution in [0.2, 0.25) is 0 Å². The lowest BCUT2D eigenvalue weighted by Crippen LogP contribution is -2.54. The quantitative estimate of drug-likeness (QED) is 0.0692. The van der Waals surface area contributed by atoms with E-state index in [-0.39, 0.29) is 77.2 Å². The van der Waals surface area contributed by atoms with Gasteiger partial charge in [0.05, 0.1) is 58.4 Å². The van der Waals surface area contributed by atoms with Crippen molar-refractivity contribution in [2.24, 2.45) is 0 Å². The van der Waals surface area contributed by atoms with Crippen LogP contribution in [0.5, 0.6) is 0 Å². The summed E-state index contributed by atoms with van der Waals surface area (Å²) in [5.74, 6) is -0.220. The molecule has 2 atom stereocenters. The molecule has 5 aliphatic heterocycles. The first-order valence-electron chi connectivity index (χ1n) is 31.4. The number of piperidine rings is 2. The van der Waals surface area contributed by atoms with E-state index in [4.69, 9.17) is 10.1 Å². The van der Waals surface area contributed by atoms with Crippen LogP contribution >= 0.6 is 0 Å². The maximum absolute atomic E-state index is 15.2. The van der Waals surface area contributed by atoms with Gasteiger partial charge in [0.15, 0.2) is 11.6 Å². The number of nitrogens with one attached hydrogen (secondary N) is 3. The molecule has 0 saturated carbocycles. The number of likely N-dealkylation sites (N-methyl/N-ethyl adjacent to an activating group) is 1. The summed E-state index contributed by atoms with van der Waals surface area (Å²) in [7, 11) is 5.88. The molecule has 0 radical (unpaired) electrons. The van der Waals surface area contributed by atoms with Gasteiger partial charge in [-0.1, -0.05) is 30.3 Å². The number of aryl methyl sites for hydroxylation is 1. The highest BCUT2D eigenvalue weighted by molar-refractivity contribution is 6.41. The number of benzene rings is 3. The van der Waals surface area contributed by atoms with Crippen LogP contribution in [0.15, 0.2) is 104 Å². The predicted molar refractivity (Wildman–Crippen MR) is 349 cm³/mol. The maximum atomic E-state index is 15.2. The number of amides is 3. The van der Waals surface area contributed by atoms with Crippen LogP contribution in [0.1, 0.15) is 86.9 Å². The molecule has 3 aromatic carbocycles. The summed E-state index contributed by atoms with van der Waals surface area (Å²) in [5.41, 5.74) is 4.08. The Labute approximate surface area is 539 Å². The van der Waals surface area contributed by atoms with E-state index < -0.39 is 30.9 Å². The van der Waals surface area contributed by atoms with Crippen LogP contribution in [-0.2, 0) is 23.9 Å². The number of aromatic nitrogens is 8. The van der Waals surface area contributed by atoms with Crippen LogP contribution in [0.4, 0.5) is 83.8 Å². The fraction of sp³-hybridized carbons (Fsp3) is 0.364. The zero-order valence-electron chi connectivity index (χ0n) is 52.9. The summed E-state index contributed by atoms with van der Waals surface area (Å²) < 4.78 is 92.6. The first kappa shape index (κ1) is 63.2. The number of hydrogen-bond donors (Lipinski definition) is 3. The third kappa shape index (κ3) is 12.6. The third-order valence-corrected chi connectivity index (χ3v) is 19.1. The largest absolute Gasteiger partial charge is 0.677 e. The van der Waals surface area contributed by atoms with E-state index in [1.807, 2.05) is 89.1 Å². The monoisotopic (exact) mass is 1290 g/mol. The summed E-state index contributed by atoms with van der Waals surface area (Å²) in [6, 6.07) is 21.3. The van der Waals surface area contributed by atoms with Crippen LogP contribution in [-0.4, -0.2) is 177 Å². The van der Waals surface area contributed by atoms with Crippen molar-refractivity contribution < 1.29 is 40.6 Å². The Balaban J connectivity index is 0.588. The molecule has 21 nitrogen and oxygen atoms in total. The summed E-state index contributed by atoms with van der Waals surface area (Å²) in [6.45, 7) is 6.30. The molecule has 0 bridgehead atoms. The van der Waals surface area contributed by atoms with Gasteiger partial charge in [-0.05, 0) is 125 Å². The number of aromatic amines is 1. The number of rotatable bonds is 14. The molecule has 3 saturated heterocycles. The minimum atomic E-state index is -4.66. The van der Waals surface area contributed by atoms with Crippen LogP contribution in [0.25, 0.3) is 12.2 Å². The molecule has 0 aliphatic carbocycles. The van der Waals surface area contributed by atoms with Gasteiger partial charge in [-0.15, -0.1) is 0 Å². The van der Waals surface area contributed by atoms with E-state index in [9.17, 15) is 27.6 Å². The molecular weight excluding hydrogens is 1220 g/mol. The smallest absolute Gasteiger partial charge is 0.356 e. The molecule has 2 unspecified atom stereocenters. The molecule has 8 aromatic rings. The van der Waals surface area contributed by atoms with Gasteiger partial charge in [-0.2, -0.15) is 28.2 Å². The molecule has 13 rings (SSSR count). The number of likely N-dealkylation sites (tertiary alicyclic amines) is 2. The third-order valence-electron chi connectivity index (χ3n) is 19.1. The number of carbonyl (C=O) groups excluding carboxylic acids is 3. The summed E-state index contributed by atoms with van der Waals surface area (Å²) in [4.78, 5) is 76.2. The second-order valence-corrected chi connectivity index (χ2v) is 24.8. The fourth-order valence-corrected chi connectivity index (χ4v) is 13.8. The number of hydrogen-bond acceptors (Lipinski definition) is 15. The second kappa shape index (κ2) is 25.8.